The lowest BCUT2D eigenvalue weighted by molar-refractivity contribution is 0.305. The van der Waals surface area contributed by atoms with Crippen LogP contribution in [-0.4, -0.2) is 55.2 Å². The number of allylic oxidation sites excluding steroid dienone is 1. The van der Waals surface area contributed by atoms with Gasteiger partial charge in [0.25, 0.3) is 0 Å². The van der Waals surface area contributed by atoms with Crippen LogP contribution in [-0.2, 0) is 0 Å². The van der Waals surface area contributed by atoms with Gasteiger partial charge in [-0.25, -0.2) is 4.98 Å². The fourth-order valence-electron chi connectivity index (χ4n) is 3.29. The molecule has 1 aliphatic rings. The summed E-state index contributed by atoms with van der Waals surface area (Å²) in [5, 5.41) is 9.66. The van der Waals surface area contributed by atoms with E-state index in [4.69, 9.17) is 14.5 Å². The van der Waals surface area contributed by atoms with Crippen LogP contribution in [0.2, 0.25) is 0 Å². The molecule has 0 aliphatic carbocycles. The second kappa shape index (κ2) is 8.28. The number of anilines is 2. The molecule has 0 saturated carbocycles. The van der Waals surface area contributed by atoms with Crippen molar-refractivity contribution in [3.8, 4) is 11.5 Å². The van der Waals surface area contributed by atoms with Crippen molar-refractivity contribution >= 4 is 34.2 Å². The SMILES string of the molecule is COc1cc(OC)cc(N(CCO)c2ccc3ncc(C4=CCN=C4)nc3c2)c1. The van der Waals surface area contributed by atoms with Gasteiger partial charge in [0.1, 0.15) is 11.5 Å². The van der Waals surface area contributed by atoms with E-state index in [2.05, 4.69) is 9.98 Å². The number of benzene rings is 2. The molecule has 0 radical (unpaired) electrons. The maximum Gasteiger partial charge on any atom is 0.124 e. The predicted molar refractivity (Wildman–Crippen MR) is 115 cm³/mol. The van der Waals surface area contributed by atoms with Gasteiger partial charge in [0.05, 0.1) is 50.3 Å². The third-order valence-corrected chi connectivity index (χ3v) is 4.75. The number of hydrogen-bond donors (Lipinski definition) is 1. The summed E-state index contributed by atoms with van der Waals surface area (Å²) >= 11 is 0. The van der Waals surface area contributed by atoms with Crippen molar-refractivity contribution in [2.45, 2.75) is 0 Å². The molecule has 148 valence electrons. The van der Waals surface area contributed by atoms with Crippen LogP contribution in [0.3, 0.4) is 0 Å². The molecule has 0 saturated heterocycles. The van der Waals surface area contributed by atoms with Crippen LogP contribution in [0.1, 0.15) is 5.69 Å². The minimum Gasteiger partial charge on any atom is -0.497 e. The summed E-state index contributed by atoms with van der Waals surface area (Å²) in [6.07, 6.45) is 5.62. The minimum atomic E-state index is -0.00731. The summed E-state index contributed by atoms with van der Waals surface area (Å²) in [4.78, 5) is 15.5. The Morgan fingerprint density at radius 1 is 1.00 bits per heavy atom. The van der Waals surface area contributed by atoms with Crippen molar-refractivity contribution in [3.63, 3.8) is 0 Å². The normalized spacial score (nSPS) is 12.9. The van der Waals surface area contributed by atoms with Gasteiger partial charge in [-0.15, -0.1) is 0 Å². The van der Waals surface area contributed by atoms with Crippen LogP contribution < -0.4 is 14.4 Å². The number of aliphatic hydroxyl groups is 1. The molecule has 0 unspecified atom stereocenters. The number of aliphatic hydroxyl groups excluding tert-OH is 1. The summed E-state index contributed by atoms with van der Waals surface area (Å²) < 4.78 is 10.8. The maximum absolute atomic E-state index is 9.66. The standard InChI is InChI=1S/C22H22N4O3/c1-28-18-9-17(10-19(12-18)29-2)26(7-8-27)16-3-4-20-21(11-16)25-22(14-24-20)15-5-6-23-13-15/h3-5,9-14,27H,6-8H2,1-2H3. The fraction of sp³-hybridized carbons (Fsp3) is 0.227. The molecule has 4 rings (SSSR count). The molecular formula is C22H22N4O3. The Balaban J connectivity index is 1.78. The van der Waals surface area contributed by atoms with Gasteiger partial charge >= 0.3 is 0 Å². The first-order valence-electron chi connectivity index (χ1n) is 9.30. The quantitative estimate of drug-likeness (QED) is 0.667. The Morgan fingerprint density at radius 2 is 1.79 bits per heavy atom. The van der Waals surface area contributed by atoms with Crippen molar-refractivity contribution < 1.29 is 14.6 Å². The molecule has 0 fully saturated rings. The van der Waals surface area contributed by atoms with E-state index < -0.39 is 0 Å². The van der Waals surface area contributed by atoms with Crippen LogP contribution in [0.15, 0.2) is 53.7 Å². The highest BCUT2D eigenvalue weighted by molar-refractivity contribution is 6.11. The molecule has 0 bridgehead atoms. The van der Waals surface area contributed by atoms with Gasteiger partial charge in [-0.3, -0.25) is 9.98 Å². The van der Waals surface area contributed by atoms with E-state index in [1.165, 1.54) is 0 Å². The van der Waals surface area contributed by atoms with Crippen LogP contribution in [0.5, 0.6) is 11.5 Å². The van der Waals surface area contributed by atoms with E-state index in [-0.39, 0.29) is 6.61 Å². The molecule has 2 heterocycles. The Bertz CT molecular complexity index is 1070. The van der Waals surface area contributed by atoms with Crippen molar-refractivity contribution in [3.05, 3.63) is 54.4 Å². The van der Waals surface area contributed by atoms with Gasteiger partial charge in [0.15, 0.2) is 0 Å². The van der Waals surface area contributed by atoms with Gasteiger partial charge < -0.3 is 19.5 Å². The number of fused-ring (bicyclic) bond motifs is 1. The third-order valence-electron chi connectivity index (χ3n) is 4.75. The van der Waals surface area contributed by atoms with Crippen LogP contribution >= 0.6 is 0 Å². The van der Waals surface area contributed by atoms with Gasteiger partial charge in [-0.2, -0.15) is 0 Å². The zero-order chi connectivity index (χ0) is 20.2. The summed E-state index contributed by atoms with van der Waals surface area (Å²) in [5.74, 6) is 1.36. The Morgan fingerprint density at radius 3 is 2.45 bits per heavy atom. The van der Waals surface area contributed by atoms with Gasteiger partial charge in [0, 0.05) is 47.9 Å². The smallest absolute Gasteiger partial charge is 0.124 e. The first kappa shape index (κ1) is 18.9. The number of rotatable bonds is 7. The number of methoxy groups -OCH3 is 2. The third kappa shape index (κ3) is 3.90. The molecule has 29 heavy (non-hydrogen) atoms. The Kier molecular flexibility index (Phi) is 5.39. The topological polar surface area (TPSA) is 80.1 Å². The summed E-state index contributed by atoms with van der Waals surface area (Å²) in [5.41, 5.74) is 5.10. The van der Waals surface area contributed by atoms with Gasteiger partial charge in [-0.05, 0) is 18.2 Å². The number of aliphatic imine (C=N–C) groups is 1. The van der Waals surface area contributed by atoms with E-state index in [9.17, 15) is 5.11 Å². The monoisotopic (exact) mass is 390 g/mol. The van der Waals surface area contributed by atoms with Crippen molar-refractivity contribution in [2.75, 3.05) is 38.8 Å². The number of ether oxygens (including phenoxy) is 2. The number of nitrogens with zero attached hydrogens (tertiary/aromatic N) is 4. The van der Waals surface area contributed by atoms with Crippen molar-refractivity contribution in [1.29, 1.82) is 0 Å². The summed E-state index contributed by atoms with van der Waals surface area (Å²) in [7, 11) is 3.23. The fourth-order valence-corrected chi connectivity index (χ4v) is 3.29. The van der Waals surface area contributed by atoms with Crippen LogP contribution in [0, 0.1) is 0 Å². The second-order valence-corrected chi connectivity index (χ2v) is 6.53. The highest BCUT2D eigenvalue weighted by Crippen LogP contribution is 2.33. The van der Waals surface area contributed by atoms with E-state index in [1.807, 2.05) is 53.6 Å². The van der Waals surface area contributed by atoms with Crippen molar-refractivity contribution in [2.24, 2.45) is 4.99 Å². The zero-order valence-corrected chi connectivity index (χ0v) is 16.4. The predicted octanol–water partition coefficient (Wildman–Crippen LogP) is 3.25. The molecule has 0 amide bonds. The molecule has 7 heteroatoms. The van der Waals surface area contributed by atoms with Crippen LogP contribution in [0.4, 0.5) is 11.4 Å². The lowest BCUT2D eigenvalue weighted by atomic mass is 10.1. The first-order valence-corrected chi connectivity index (χ1v) is 9.30. The van der Waals surface area contributed by atoms with Crippen molar-refractivity contribution in [1.82, 2.24) is 9.97 Å². The van der Waals surface area contributed by atoms with Gasteiger partial charge in [-0.1, -0.05) is 6.08 Å². The Hall–Kier alpha value is -3.45. The highest BCUT2D eigenvalue weighted by atomic mass is 16.5. The Labute approximate surface area is 169 Å². The molecule has 1 N–H and O–H groups in total. The molecule has 3 aromatic rings. The lowest BCUT2D eigenvalue weighted by Crippen LogP contribution is -2.21. The van der Waals surface area contributed by atoms with E-state index in [0.717, 1.165) is 33.7 Å². The maximum atomic E-state index is 9.66. The van der Waals surface area contributed by atoms with Gasteiger partial charge in [0.2, 0.25) is 0 Å². The highest BCUT2D eigenvalue weighted by Gasteiger charge is 2.14. The van der Waals surface area contributed by atoms with E-state index >= 15 is 0 Å². The molecule has 1 aromatic heterocycles. The molecule has 7 nitrogen and oxygen atoms in total. The van der Waals surface area contributed by atoms with E-state index in [0.29, 0.717) is 24.6 Å². The number of aromatic nitrogens is 2. The average molecular weight is 390 g/mol. The first-order chi connectivity index (χ1) is 14.2. The largest absolute Gasteiger partial charge is 0.497 e. The molecule has 2 aromatic carbocycles. The summed E-state index contributed by atoms with van der Waals surface area (Å²) in [6.45, 7) is 1.08. The zero-order valence-electron chi connectivity index (χ0n) is 16.4. The average Bonchev–Trinajstić information content (AvgIpc) is 3.31. The van der Waals surface area contributed by atoms with E-state index in [1.54, 1.807) is 20.4 Å². The molecule has 1 aliphatic heterocycles. The molecular weight excluding hydrogens is 368 g/mol. The summed E-state index contributed by atoms with van der Waals surface area (Å²) in [6, 6.07) is 11.5. The molecule has 0 spiro atoms. The molecule has 0 atom stereocenters. The second-order valence-electron chi connectivity index (χ2n) is 6.53. The minimum absolute atomic E-state index is 0.00731. The van der Waals surface area contributed by atoms with Crippen LogP contribution in [0.25, 0.3) is 16.6 Å². The number of hydrogen-bond acceptors (Lipinski definition) is 7. The lowest BCUT2D eigenvalue weighted by Gasteiger charge is -2.25.